The van der Waals surface area contributed by atoms with Gasteiger partial charge < -0.3 is 19.5 Å². The number of rotatable bonds is 6. The highest BCUT2D eigenvalue weighted by molar-refractivity contribution is 7.99. The van der Waals surface area contributed by atoms with Crippen LogP contribution in [0.15, 0.2) is 41.8 Å². The Kier molecular flexibility index (Phi) is 5.86. The molecule has 1 atom stereocenters. The monoisotopic (exact) mass is 360 g/mol. The van der Waals surface area contributed by atoms with Gasteiger partial charge in [0.1, 0.15) is 5.75 Å². The highest BCUT2D eigenvalue weighted by Gasteiger charge is 2.29. The lowest BCUT2D eigenvalue weighted by atomic mass is 10.0. The predicted molar refractivity (Wildman–Crippen MR) is 99.0 cm³/mol. The topological polar surface area (TPSA) is 59.4 Å². The number of aromatic nitrogens is 2. The van der Waals surface area contributed by atoms with Crippen molar-refractivity contribution in [2.45, 2.75) is 24.0 Å². The fourth-order valence-corrected chi connectivity index (χ4v) is 3.88. The van der Waals surface area contributed by atoms with E-state index in [0.29, 0.717) is 6.54 Å². The Hall–Kier alpha value is -2.15. The molecule has 1 aliphatic rings. The molecule has 0 radical (unpaired) electrons. The number of urea groups is 1. The number of ether oxygens (including phenoxy) is 1. The highest BCUT2D eigenvalue weighted by atomic mass is 32.2. The SMILES string of the molecule is COc1cccc([C@H]2CCCN2C(=O)NCCSc2nccn2C)c1. The zero-order valence-corrected chi connectivity index (χ0v) is 15.5. The van der Waals surface area contributed by atoms with Crippen molar-refractivity contribution in [1.29, 1.82) is 0 Å². The Balaban J connectivity index is 1.53. The number of likely N-dealkylation sites (tertiary alicyclic amines) is 1. The van der Waals surface area contributed by atoms with E-state index in [2.05, 4.69) is 16.4 Å². The molecule has 2 amide bonds. The van der Waals surface area contributed by atoms with Gasteiger partial charge in [-0.15, -0.1) is 0 Å². The number of amides is 2. The van der Waals surface area contributed by atoms with Gasteiger partial charge in [-0.3, -0.25) is 0 Å². The molecule has 0 spiro atoms. The Morgan fingerprint density at radius 1 is 1.48 bits per heavy atom. The summed E-state index contributed by atoms with van der Waals surface area (Å²) in [6, 6.07) is 8.12. The third-order valence-electron chi connectivity index (χ3n) is 4.38. The molecular formula is C18H24N4O2S. The van der Waals surface area contributed by atoms with Crippen molar-refractivity contribution in [2.75, 3.05) is 26.0 Å². The van der Waals surface area contributed by atoms with Crippen molar-refractivity contribution in [3.05, 3.63) is 42.2 Å². The van der Waals surface area contributed by atoms with Gasteiger partial charge in [0.15, 0.2) is 5.16 Å². The fourth-order valence-electron chi connectivity index (χ4n) is 3.10. The van der Waals surface area contributed by atoms with E-state index < -0.39 is 0 Å². The quantitative estimate of drug-likeness (QED) is 0.635. The minimum Gasteiger partial charge on any atom is -0.497 e. The third kappa shape index (κ3) is 4.28. The molecule has 1 N–H and O–H groups in total. The van der Waals surface area contributed by atoms with E-state index >= 15 is 0 Å². The zero-order chi connectivity index (χ0) is 17.6. The first-order valence-electron chi connectivity index (χ1n) is 8.47. The molecule has 6 nitrogen and oxygen atoms in total. The van der Waals surface area contributed by atoms with Crippen molar-refractivity contribution < 1.29 is 9.53 Å². The van der Waals surface area contributed by atoms with Gasteiger partial charge in [0.25, 0.3) is 0 Å². The molecule has 134 valence electrons. The minimum atomic E-state index is 0.00533. The van der Waals surface area contributed by atoms with Gasteiger partial charge in [-0.2, -0.15) is 0 Å². The van der Waals surface area contributed by atoms with E-state index in [0.717, 1.165) is 41.6 Å². The summed E-state index contributed by atoms with van der Waals surface area (Å²) in [7, 11) is 3.63. The molecule has 2 aromatic rings. The first-order chi connectivity index (χ1) is 12.2. The second-order valence-electron chi connectivity index (χ2n) is 6.03. The molecule has 1 aromatic carbocycles. The van der Waals surface area contributed by atoms with E-state index in [1.165, 1.54) is 0 Å². The molecule has 1 saturated heterocycles. The molecule has 3 rings (SSSR count). The van der Waals surface area contributed by atoms with E-state index in [1.54, 1.807) is 25.1 Å². The van der Waals surface area contributed by atoms with E-state index in [-0.39, 0.29) is 12.1 Å². The van der Waals surface area contributed by atoms with Crippen LogP contribution in [0.4, 0.5) is 4.79 Å². The number of carbonyl (C=O) groups excluding carboxylic acids is 1. The number of aryl methyl sites for hydroxylation is 1. The molecule has 0 saturated carbocycles. The van der Waals surface area contributed by atoms with Gasteiger partial charge in [-0.25, -0.2) is 9.78 Å². The van der Waals surface area contributed by atoms with Crippen molar-refractivity contribution in [1.82, 2.24) is 19.8 Å². The first kappa shape index (κ1) is 17.7. The van der Waals surface area contributed by atoms with Gasteiger partial charge >= 0.3 is 6.03 Å². The fraction of sp³-hybridized carbons (Fsp3) is 0.444. The lowest BCUT2D eigenvalue weighted by Crippen LogP contribution is -2.40. The van der Waals surface area contributed by atoms with Gasteiger partial charge in [-0.05, 0) is 30.5 Å². The number of carbonyl (C=O) groups is 1. The number of hydrogen-bond donors (Lipinski definition) is 1. The second kappa shape index (κ2) is 8.29. The maximum atomic E-state index is 12.6. The lowest BCUT2D eigenvalue weighted by molar-refractivity contribution is 0.193. The third-order valence-corrected chi connectivity index (χ3v) is 5.44. The number of methoxy groups -OCH3 is 1. The summed E-state index contributed by atoms with van der Waals surface area (Å²) < 4.78 is 7.28. The van der Waals surface area contributed by atoms with Crippen molar-refractivity contribution in [2.24, 2.45) is 7.05 Å². The Bertz CT molecular complexity index is 719. The number of thioether (sulfide) groups is 1. The number of hydrogen-bond acceptors (Lipinski definition) is 4. The molecule has 1 aromatic heterocycles. The summed E-state index contributed by atoms with van der Waals surface area (Å²) in [4.78, 5) is 18.8. The summed E-state index contributed by atoms with van der Waals surface area (Å²) >= 11 is 1.64. The van der Waals surface area contributed by atoms with Gasteiger partial charge in [0.2, 0.25) is 0 Å². The first-order valence-corrected chi connectivity index (χ1v) is 9.46. The Morgan fingerprint density at radius 3 is 3.12 bits per heavy atom. The van der Waals surface area contributed by atoms with Crippen LogP contribution in [0.25, 0.3) is 0 Å². The average Bonchev–Trinajstić information content (AvgIpc) is 3.28. The maximum Gasteiger partial charge on any atom is 0.317 e. The van der Waals surface area contributed by atoms with Gasteiger partial charge in [0.05, 0.1) is 13.2 Å². The van der Waals surface area contributed by atoms with Crippen LogP contribution in [0.2, 0.25) is 0 Å². The van der Waals surface area contributed by atoms with Crippen LogP contribution in [0.3, 0.4) is 0 Å². The molecule has 25 heavy (non-hydrogen) atoms. The van der Waals surface area contributed by atoms with Crippen LogP contribution in [0, 0.1) is 0 Å². The van der Waals surface area contributed by atoms with Crippen molar-refractivity contribution in [3.63, 3.8) is 0 Å². The van der Waals surface area contributed by atoms with Gasteiger partial charge in [0, 0.05) is 38.3 Å². The second-order valence-corrected chi connectivity index (χ2v) is 7.09. The van der Waals surface area contributed by atoms with Crippen LogP contribution in [-0.4, -0.2) is 46.4 Å². The van der Waals surface area contributed by atoms with Crippen LogP contribution in [0.1, 0.15) is 24.4 Å². The summed E-state index contributed by atoms with van der Waals surface area (Å²) in [6.45, 7) is 1.41. The van der Waals surface area contributed by atoms with Crippen molar-refractivity contribution >= 4 is 17.8 Å². The zero-order valence-electron chi connectivity index (χ0n) is 14.6. The van der Waals surface area contributed by atoms with Crippen LogP contribution in [-0.2, 0) is 7.05 Å². The van der Waals surface area contributed by atoms with Crippen LogP contribution in [0.5, 0.6) is 5.75 Å². The molecule has 1 aliphatic heterocycles. The van der Waals surface area contributed by atoms with E-state index in [1.807, 2.05) is 40.9 Å². The lowest BCUT2D eigenvalue weighted by Gasteiger charge is -2.25. The number of imidazole rings is 1. The average molecular weight is 360 g/mol. The predicted octanol–water partition coefficient (Wildman–Crippen LogP) is 3.07. The molecule has 7 heteroatoms. The minimum absolute atomic E-state index is 0.00533. The van der Waals surface area contributed by atoms with E-state index in [4.69, 9.17) is 4.74 Å². The number of nitrogens with one attached hydrogen (secondary N) is 1. The summed E-state index contributed by atoms with van der Waals surface area (Å²) in [5.41, 5.74) is 1.13. The number of benzene rings is 1. The Labute approximate surface area is 152 Å². The molecule has 2 heterocycles. The maximum absolute atomic E-state index is 12.6. The molecular weight excluding hydrogens is 336 g/mol. The largest absolute Gasteiger partial charge is 0.497 e. The normalized spacial score (nSPS) is 16.9. The number of nitrogens with zero attached hydrogens (tertiary/aromatic N) is 3. The standard InChI is InChI=1S/C18H24N4O2S/c1-21-11-8-20-18(21)25-12-9-19-17(23)22-10-4-7-16(22)14-5-3-6-15(13-14)24-2/h3,5-6,8,11,13,16H,4,7,9-10,12H2,1-2H3,(H,19,23)/t16-/m1/s1. The van der Waals surface area contributed by atoms with Crippen LogP contribution >= 0.6 is 11.8 Å². The highest BCUT2D eigenvalue weighted by Crippen LogP contribution is 2.33. The van der Waals surface area contributed by atoms with Gasteiger partial charge in [-0.1, -0.05) is 23.9 Å². The van der Waals surface area contributed by atoms with Crippen molar-refractivity contribution in [3.8, 4) is 5.75 Å². The van der Waals surface area contributed by atoms with Crippen LogP contribution < -0.4 is 10.1 Å². The molecule has 0 bridgehead atoms. The van der Waals surface area contributed by atoms with E-state index in [9.17, 15) is 4.79 Å². The molecule has 0 unspecified atom stereocenters. The summed E-state index contributed by atoms with van der Waals surface area (Å²) in [6.07, 6.45) is 5.72. The smallest absolute Gasteiger partial charge is 0.317 e. The summed E-state index contributed by atoms with van der Waals surface area (Å²) in [5, 5.41) is 4.00. The molecule has 0 aliphatic carbocycles. The summed E-state index contributed by atoms with van der Waals surface area (Å²) in [5.74, 6) is 1.63. The molecule has 1 fully saturated rings. The Morgan fingerprint density at radius 2 is 2.36 bits per heavy atom.